The summed E-state index contributed by atoms with van der Waals surface area (Å²) >= 11 is 0. The van der Waals surface area contributed by atoms with Gasteiger partial charge >= 0.3 is 0 Å². The van der Waals surface area contributed by atoms with Crippen molar-refractivity contribution >= 4 is 0 Å². The minimum absolute atomic E-state index is 0.750. The number of azide groups is 1. The third-order valence-corrected chi connectivity index (χ3v) is 6.24. The van der Waals surface area contributed by atoms with Crippen molar-refractivity contribution in [3.8, 4) is 0 Å². The van der Waals surface area contributed by atoms with Gasteiger partial charge in [-0.25, -0.2) is 0 Å². The predicted octanol–water partition coefficient (Wildman–Crippen LogP) is -5.23. The Balaban J connectivity index is 1.71. The van der Waals surface area contributed by atoms with Crippen molar-refractivity contribution < 1.29 is 69.6 Å². The van der Waals surface area contributed by atoms with Crippen LogP contribution in [-0.2, 0) is 23.7 Å². The van der Waals surface area contributed by atoms with E-state index in [1.165, 1.54) is 6.92 Å². The van der Waals surface area contributed by atoms with E-state index in [1.54, 1.807) is 0 Å². The largest absolute Gasteiger partial charge is 0.394 e. The van der Waals surface area contributed by atoms with E-state index in [1.807, 2.05) is 0 Å². The molecule has 3 saturated heterocycles. The van der Waals surface area contributed by atoms with Crippen molar-refractivity contribution in [3.63, 3.8) is 0 Å². The van der Waals surface area contributed by atoms with Gasteiger partial charge in [0.2, 0.25) is 0 Å². The van der Waals surface area contributed by atoms with Crippen molar-refractivity contribution in [2.75, 3.05) is 13.2 Å². The maximum atomic E-state index is 10.7. The summed E-state index contributed by atoms with van der Waals surface area (Å²) in [5.74, 6) is 0. The fourth-order valence-electron chi connectivity index (χ4n) is 4.23. The van der Waals surface area contributed by atoms with Crippen molar-refractivity contribution in [3.05, 3.63) is 10.4 Å². The maximum absolute atomic E-state index is 10.7. The van der Waals surface area contributed by atoms with Gasteiger partial charge in [0.05, 0.1) is 31.5 Å². The smallest absolute Gasteiger partial charge is 0.187 e. The summed E-state index contributed by atoms with van der Waals surface area (Å²) in [6.07, 6.45) is -22.4. The Kier molecular flexibility index (Phi) is 9.60. The molecule has 3 aliphatic rings. The van der Waals surface area contributed by atoms with Crippen LogP contribution in [0.3, 0.4) is 0 Å². The number of hydrogen-bond donors (Lipinski definition) is 9. The first-order chi connectivity index (χ1) is 16.5. The standard InChI is InChI=1S/C18H31N3O14/c1-4-7(20-21-19)8(24)12(28)17(31-4)34-15-6(3-23)33-18(13(29)10(15)26)35-14-5(2-22)32-16(30)11(27)9(14)25/h4-18,22-30H,2-3H2,1H3/t4?,5?,6?,7?,8?,9-,10?,11?,12?,13?,14?,15?,16?,17?,18?/m0/s1. The van der Waals surface area contributed by atoms with E-state index >= 15 is 0 Å². The van der Waals surface area contributed by atoms with Crippen LogP contribution >= 0.6 is 0 Å². The number of aliphatic hydroxyl groups excluding tert-OH is 9. The Bertz CT molecular complexity index is 741. The van der Waals surface area contributed by atoms with Gasteiger partial charge in [-0.3, -0.25) is 0 Å². The Morgan fingerprint density at radius 3 is 1.74 bits per heavy atom. The van der Waals surface area contributed by atoms with E-state index in [-0.39, 0.29) is 0 Å². The summed E-state index contributed by atoms with van der Waals surface area (Å²) < 4.78 is 26.8. The molecule has 17 heteroatoms. The summed E-state index contributed by atoms with van der Waals surface area (Å²) in [6.45, 7) is -0.0906. The molecule has 3 rings (SSSR count). The van der Waals surface area contributed by atoms with E-state index in [0.717, 1.165) is 0 Å². The molecular weight excluding hydrogens is 482 g/mol. The Morgan fingerprint density at radius 2 is 1.20 bits per heavy atom. The first-order valence-electron chi connectivity index (χ1n) is 10.8. The van der Waals surface area contributed by atoms with Gasteiger partial charge < -0.3 is 69.6 Å². The molecule has 9 N–H and O–H groups in total. The minimum atomic E-state index is -1.88. The Hall–Kier alpha value is -1.25. The highest BCUT2D eigenvalue weighted by Gasteiger charge is 2.53. The van der Waals surface area contributed by atoms with Crippen LogP contribution in [0.15, 0.2) is 5.11 Å². The van der Waals surface area contributed by atoms with Crippen LogP contribution in [0.4, 0.5) is 0 Å². The molecule has 0 aromatic rings. The molecule has 0 aromatic carbocycles. The second-order valence-corrected chi connectivity index (χ2v) is 8.52. The third-order valence-electron chi connectivity index (χ3n) is 6.24. The van der Waals surface area contributed by atoms with Crippen LogP contribution in [0.1, 0.15) is 6.92 Å². The van der Waals surface area contributed by atoms with Gasteiger partial charge in [0, 0.05) is 4.91 Å². The number of ether oxygens (including phenoxy) is 5. The summed E-state index contributed by atoms with van der Waals surface area (Å²) in [6, 6.07) is -1.13. The van der Waals surface area contributed by atoms with Crippen LogP contribution < -0.4 is 0 Å². The summed E-state index contributed by atoms with van der Waals surface area (Å²) in [4.78, 5) is 2.59. The lowest BCUT2D eigenvalue weighted by molar-refractivity contribution is -0.373. The fourth-order valence-corrected chi connectivity index (χ4v) is 4.23. The van der Waals surface area contributed by atoms with E-state index in [2.05, 4.69) is 10.0 Å². The maximum Gasteiger partial charge on any atom is 0.187 e. The number of hydrogen-bond acceptors (Lipinski definition) is 15. The van der Waals surface area contributed by atoms with Crippen LogP contribution in [0.25, 0.3) is 10.4 Å². The summed E-state index contributed by atoms with van der Waals surface area (Å²) in [5.41, 5.74) is 8.61. The zero-order chi connectivity index (χ0) is 26.0. The molecule has 17 nitrogen and oxygen atoms in total. The van der Waals surface area contributed by atoms with E-state index in [4.69, 9.17) is 29.2 Å². The zero-order valence-corrected chi connectivity index (χ0v) is 18.5. The van der Waals surface area contributed by atoms with E-state index in [0.29, 0.717) is 0 Å². The molecule has 3 aliphatic heterocycles. The average molecular weight is 513 g/mol. The number of aliphatic hydroxyl groups is 9. The zero-order valence-electron chi connectivity index (χ0n) is 18.5. The van der Waals surface area contributed by atoms with Crippen molar-refractivity contribution in [1.29, 1.82) is 0 Å². The van der Waals surface area contributed by atoms with Crippen LogP contribution in [0.5, 0.6) is 0 Å². The molecule has 3 heterocycles. The molecule has 0 aromatic heterocycles. The van der Waals surface area contributed by atoms with Gasteiger partial charge in [-0.05, 0) is 12.5 Å². The van der Waals surface area contributed by atoms with Crippen LogP contribution in [-0.4, -0.2) is 151 Å². The Labute approximate surface area is 198 Å². The van der Waals surface area contributed by atoms with E-state index < -0.39 is 105 Å². The monoisotopic (exact) mass is 513 g/mol. The highest BCUT2D eigenvalue weighted by Crippen LogP contribution is 2.32. The average Bonchev–Trinajstić information content (AvgIpc) is 2.84. The molecule has 3 fully saturated rings. The SMILES string of the molecule is CC1OC(OC2C(CO)OC(OC3C(CO)OC(O)C(O)[C@@H]3O)C(O)C2O)C(O)C(O)C1N=[N+]=[N-]. The summed E-state index contributed by atoms with van der Waals surface area (Å²) in [5, 5.41) is 94.1. The normalized spacial score (nSPS) is 51.0. The molecule has 15 atom stereocenters. The van der Waals surface area contributed by atoms with Gasteiger partial charge in [0.15, 0.2) is 18.9 Å². The lowest BCUT2D eigenvalue weighted by Crippen LogP contribution is -2.66. The van der Waals surface area contributed by atoms with Crippen molar-refractivity contribution in [1.82, 2.24) is 0 Å². The fraction of sp³-hybridized carbons (Fsp3) is 1.00. The van der Waals surface area contributed by atoms with Gasteiger partial charge in [-0.1, -0.05) is 5.11 Å². The van der Waals surface area contributed by atoms with Crippen molar-refractivity contribution in [2.45, 2.75) is 99.0 Å². The van der Waals surface area contributed by atoms with Gasteiger partial charge in [0.1, 0.15) is 54.9 Å². The lowest BCUT2D eigenvalue weighted by Gasteiger charge is -2.47. The second-order valence-electron chi connectivity index (χ2n) is 8.52. The third kappa shape index (κ3) is 5.69. The molecule has 0 aliphatic carbocycles. The van der Waals surface area contributed by atoms with Gasteiger partial charge in [-0.15, -0.1) is 0 Å². The molecule has 35 heavy (non-hydrogen) atoms. The van der Waals surface area contributed by atoms with Crippen LogP contribution in [0.2, 0.25) is 0 Å². The second kappa shape index (κ2) is 11.9. The molecule has 14 unspecified atom stereocenters. The number of rotatable bonds is 7. The lowest BCUT2D eigenvalue weighted by atomic mass is 9.95. The first-order valence-corrected chi connectivity index (χ1v) is 10.8. The Morgan fingerprint density at radius 1 is 0.714 bits per heavy atom. The van der Waals surface area contributed by atoms with Gasteiger partial charge in [0.25, 0.3) is 0 Å². The summed E-state index contributed by atoms with van der Waals surface area (Å²) in [7, 11) is 0. The topological polar surface area (TPSA) is 277 Å². The quantitative estimate of drug-likeness (QED) is 0.0874. The highest BCUT2D eigenvalue weighted by molar-refractivity contribution is 4.97. The molecule has 0 radical (unpaired) electrons. The molecule has 0 bridgehead atoms. The van der Waals surface area contributed by atoms with E-state index in [9.17, 15) is 46.0 Å². The minimum Gasteiger partial charge on any atom is -0.394 e. The first kappa shape index (κ1) is 28.3. The number of nitrogens with zero attached hydrogens (tertiary/aromatic N) is 3. The van der Waals surface area contributed by atoms with Crippen molar-refractivity contribution in [2.24, 2.45) is 5.11 Å². The molecule has 0 spiro atoms. The predicted molar refractivity (Wildman–Crippen MR) is 107 cm³/mol. The van der Waals surface area contributed by atoms with Crippen LogP contribution in [0, 0.1) is 0 Å². The highest BCUT2D eigenvalue weighted by atomic mass is 16.7. The molecule has 0 saturated carbocycles. The van der Waals surface area contributed by atoms with Gasteiger partial charge in [-0.2, -0.15) is 0 Å². The molecule has 0 amide bonds. The molecular formula is C18H31N3O14. The molecule has 202 valence electrons.